The predicted molar refractivity (Wildman–Crippen MR) is 114 cm³/mol. The van der Waals surface area contributed by atoms with Crippen LogP contribution < -0.4 is 16.4 Å². The molecule has 1 aliphatic rings. The first kappa shape index (κ1) is 21.8. The number of hydrogen-bond donors (Lipinski definition) is 3. The van der Waals surface area contributed by atoms with E-state index in [2.05, 4.69) is 10.6 Å². The molecule has 6 heteroatoms. The van der Waals surface area contributed by atoms with Crippen LogP contribution in [0.25, 0.3) is 0 Å². The van der Waals surface area contributed by atoms with Crippen molar-refractivity contribution in [3.63, 3.8) is 0 Å². The van der Waals surface area contributed by atoms with E-state index < -0.39 is 0 Å². The largest absolute Gasteiger partial charge is 0.399 e. The minimum atomic E-state index is -0.0908. The summed E-state index contributed by atoms with van der Waals surface area (Å²) in [6.07, 6.45) is 5.07. The number of hydrogen-bond acceptors (Lipinski definition) is 3. The molecule has 0 bridgehead atoms. The van der Waals surface area contributed by atoms with Crippen LogP contribution in [0.4, 0.5) is 5.69 Å². The van der Waals surface area contributed by atoms with Crippen molar-refractivity contribution >= 4 is 29.9 Å². The Morgan fingerprint density at radius 1 is 0.893 bits per heavy atom. The lowest BCUT2D eigenvalue weighted by Crippen LogP contribution is -2.28. The van der Waals surface area contributed by atoms with Gasteiger partial charge in [-0.3, -0.25) is 9.59 Å². The number of anilines is 1. The summed E-state index contributed by atoms with van der Waals surface area (Å²) in [6.45, 7) is 1.08. The maximum absolute atomic E-state index is 12.2. The second-order valence-electron chi connectivity index (χ2n) is 7.14. The molecule has 0 saturated heterocycles. The molecule has 3 rings (SSSR count). The molecule has 5 nitrogen and oxygen atoms in total. The summed E-state index contributed by atoms with van der Waals surface area (Å²) in [5, 5.41) is 5.93. The molecule has 0 heterocycles. The Morgan fingerprint density at radius 2 is 1.50 bits per heavy atom. The molecule has 2 aromatic rings. The highest BCUT2D eigenvalue weighted by molar-refractivity contribution is 5.94. The van der Waals surface area contributed by atoms with Crippen LogP contribution >= 0.6 is 12.4 Å². The van der Waals surface area contributed by atoms with E-state index in [9.17, 15) is 9.59 Å². The lowest BCUT2D eigenvalue weighted by atomic mass is 10.1. The van der Waals surface area contributed by atoms with Gasteiger partial charge in [0.25, 0.3) is 5.91 Å². The molecule has 0 unspecified atom stereocenters. The molecule has 0 spiro atoms. The number of carbonyl (C=O) groups is 2. The zero-order valence-electron chi connectivity index (χ0n) is 15.9. The summed E-state index contributed by atoms with van der Waals surface area (Å²) in [5.74, 6) is 0.236. The van der Waals surface area contributed by atoms with Crippen molar-refractivity contribution in [3.8, 4) is 0 Å². The van der Waals surface area contributed by atoms with Gasteiger partial charge in [-0.1, -0.05) is 37.1 Å². The van der Waals surface area contributed by atoms with Crippen LogP contribution in [-0.2, 0) is 17.8 Å². The van der Waals surface area contributed by atoms with Gasteiger partial charge in [0.15, 0.2) is 0 Å². The van der Waals surface area contributed by atoms with E-state index in [0.717, 1.165) is 48.9 Å². The van der Waals surface area contributed by atoms with Gasteiger partial charge in [0, 0.05) is 30.3 Å². The van der Waals surface area contributed by atoms with Crippen molar-refractivity contribution in [2.45, 2.75) is 38.6 Å². The molecule has 1 aliphatic carbocycles. The lowest BCUT2D eigenvalue weighted by Gasteiger charge is -2.11. The molecule has 1 fully saturated rings. The summed E-state index contributed by atoms with van der Waals surface area (Å²) in [4.78, 5) is 24.3. The van der Waals surface area contributed by atoms with Gasteiger partial charge < -0.3 is 16.4 Å². The standard InChI is InChI=1S/C22H27N3O2.ClH/c23-20-11-7-16(8-12-20)13-14-24-21(26)19-9-5-17(6-10-19)15-25-22(27)18-3-1-2-4-18;/h5-12,18H,1-4,13-15,23H2,(H,24,26)(H,25,27);1H. The average Bonchev–Trinajstić information content (AvgIpc) is 3.23. The number of halogens is 1. The topological polar surface area (TPSA) is 84.2 Å². The zero-order chi connectivity index (χ0) is 19.1. The molecule has 2 amide bonds. The summed E-state index contributed by atoms with van der Waals surface area (Å²) < 4.78 is 0. The maximum atomic E-state index is 12.2. The minimum absolute atomic E-state index is 0. The van der Waals surface area contributed by atoms with E-state index in [1.807, 2.05) is 36.4 Å². The Bertz CT molecular complexity index is 769. The fourth-order valence-electron chi connectivity index (χ4n) is 3.40. The highest BCUT2D eigenvalue weighted by atomic mass is 35.5. The van der Waals surface area contributed by atoms with Gasteiger partial charge in [-0.15, -0.1) is 12.4 Å². The second-order valence-corrected chi connectivity index (χ2v) is 7.14. The number of nitrogens with two attached hydrogens (primary N) is 1. The number of nitrogen functional groups attached to an aromatic ring is 1. The van der Waals surface area contributed by atoms with Crippen molar-refractivity contribution in [2.75, 3.05) is 12.3 Å². The third-order valence-electron chi connectivity index (χ3n) is 5.09. The smallest absolute Gasteiger partial charge is 0.251 e. The van der Waals surface area contributed by atoms with Crippen molar-refractivity contribution in [1.29, 1.82) is 0 Å². The first-order chi connectivity index (χ1) is 13.1. The molecule has 28 heavy (non-hydrogen) atoms. The molecular formula is C22H28ClN3O2. The van der Waals surface area contributed by atoms with Crippen LogP contribution in [0.15, 0.2) is 48.5 Å². The van der Waals surface area contributed by atoms with Crippen LogP contribution in [0.3, 0.4) is 0 Å². The Hall–Kier alpha value is -2.53. The molecule has 0 atom stereocenters. The Kier molecular flexibility index (Phi) is 8.33. The Labute approximate surface area is 172 Å². The first-order valence-corrected chi connectivity index (χ1v) is 9.61. The van der Waals surface area contributed by atoms with Crippen LogP contribution in [0.2, 0.25) is 0 Å². The van der Waals surface area contributed by atoms with Gasteiger partial charge in [-0.05, 0) is 54.7 Å². The van der Waals surface area contributed by atoms with Gasteiger partial charge in [-0.2, -0.15) is 0 Å². The van der Waals surface area contributed by atoms with Crippen molar-refractivity contribution in [1.82, 2.24) is 10.6 Å². The van der Waals surface area contributed by atoms with Crippen molar-refractivity contribution in [2.24, 2.45) is 5.92 Å². The fraction of sp³-hybridized carbons (Fsp3) is 0.364. The van der Waals surface area contributed by atoms with Gasteiger partial charge in [0.05, 0.1) is 0 Å². The first-order valence-electron chi connectivity index (χ1n) is 9.61. The van der Waals surface area contributed by atoms with E-state index in [0.29, 0.717) is 18.7 Å². The lowest BCUT2D eigenvalue weighted by molar-refractivity contribution is -0.124. The normalized spacial score (nSPS) is 13.6. The number of amides is 2. The minimum Gasteiger partial charge on any atom is -0.399 e. The summed E-state index contributed by atoms with van der Waals surface area (Å²) >= 11 is 0. The number of carbonyl (C=O) groups excluding carboxylic acids is 2. The molecule has 0 aromatic heterocycles. The van der Waals surface area contributed by atoms with Gasteiger partial charge in [0.2, 0.25) is 5.91 Å². The van der Waals surface area contributed by atoms with Crippen molar-refractivity contribution < 1.29 is 9.59 Å². The quantitative estimate of drug-likeness (QED) is 0.621. The van der Waals surface area contributed by atoms with Crippen LogP contribution in [0.1, 0.15) is 47.2 Å². The molecule has 0 aliphatic heterocycles. The SMILES string of the molecule is Cl.Nc1ccc(CCNC(=O)c2ccc(CNC(=O)C3CCCC3)cc2)cc1. The van der Waals surface area contributed by atoms with Crippen molar-refractivity contribution in [3.05, 3.63) is 65.2 Å². The fourth-order valence-corrected chi connectivity index (χ4v) is 3.40. The van der Waals surface area contributed by atoms with Gasteiger partial charge in [-0.25, -0.2) is 0 Å². The van der Waals surface area contributed by atoms with E-state index >= 15 is 0 Å². The van der Waals surface area contributed by atoms with Gasteiger partial charge >= 0.3 is 0 Å². The molecular weight excluding hydrogens is 374 g/mol. The molecule has 2 aromatic carbocycles. The van der Waals surface area contributed by atoms with Crippen LogP contribution in [-0.4, -0.2) is 18.4 Å². The van der Waals surface area contributed by atoms with E-state index in [4.69, 9.17) is 5.73 Å². The highest BCUT2D eigenvalue weighted by Gasteiger charge is 2.22. The number of rotatable bonds is 7. The van der Waals surface area contributed by atoms with E-state index in [1.165, 1.54) is 0 Å². The number of benzene rings is 2. The van der Waals surface area contributed by atoms with E-state index in [-0.39, 0.29) is 30.1 Å². The molecule has 150 valence electrons. The Morgan fingerprint density at radius 3 is 2.14 bits per heavy atom. The van der Waals surface area contributed by atoms with Crippen LogP contribution in [0.5, 0.6) is 0 Å². The number of nitrogens with one attached hydrogen (secondary N) is 2. The molecule has 0 radical (unpaired) electrons. The van der Waals surface area contributed by atoms with Gasteiger partial charge in [0.1, 0.15) is 0 Å². The molecule has 4 N–H and O–H groups in total. The summed E-state index contributed by atoms with van der Waals surface area (Å²) in [6, 6.07) is 15.0. The summed E-state index contributed by atoms with van der Waals surface area (Å²) in [5.41, 5.74) is 9.17. The summed E-state index contributed by atoms with van der Waals surface area (Å²) in [7, 11) is 0. The average molecular weight is 402 g/mol. The zero-order valence-corrected chi connectivity index (χ0v) is 16.8. The molecule has 1 saturated carbocycles. The maximum Gasteiger partial charge on any atom is 0.251 e. The third kappa shape index (κ3) is 6.27. The highest BCUT2D eigenvalue weighted by Crippen LogP contribution is 2.24. The monoisotopic (exact) mass is 401 g/mol. The van der Waals surface area contributed by atoms with E-state index in [1.54, 1.807) is 12.1 Å². The third-order valence-corrected chi connectivity index (χ3v) is 5.09. The Balaban J connectivity index is 0.00000280. The second kappa shape index (κ2) is 10.7. The van der Waals surface area contributed by atoms with Crippen LogP contribution in [0, 0.1) is 5.92 Å². The predicted octanol–water partition coefficient (Wildman–Crippen LogP) is 3.47.